The van der Waals surface area contributed by atoms with Gasteiger partial charge in [-0.2, -0.15) is 0 Å². The smallest absolute Gasteiger partial charge is 0.336 e. The Hall–Kier alpha value is -1.97. The summed E-state index contributed by atoms with van der Waals surface area (Å²) in [6, 6.07) is 4.83. The van der Waals surface area contributed by atoms with E-state index in [1.54, 1.807) is 18.3 Å². The molecule has 0 aliphatic carbocycles. The lowest BCUT2D eigenvalue weighted by molar-refractivity contribution is 0.0699. The Labute approximate surface area is 73.4 Å². The average molecular weight is 177 g/mol. The Morgan fingerprint density at radius 2 is 2.15 bits per heavy atom. The van der Waals surface area contributed by atoms with Gasteiger partial charge in [-0.05, 0) is 6.07 Å². The molecule has 0 saturated heterocycles. The Morgan fingerprint density at radius 3 is 2.85 bits per heavy atom. The summed E-state index contributed by atoms with van der Waals surface area (Å²) < 4.78 is 0. The highest BCUT2D eigenvalue weighted by molar-refractivity contribution is 6.06. The van der Waals surface area contributed by atoms with Crippen molar-refractivity contribution in [1.29, 1.82) is 0 Å². The number of aromatic carboxylic acids is 1. The van der Waals surface area contributed by atoms with E-state index in [1.165, 1.54) is 6.07 Å². The molecule has 4 nitrogen and oxygen atoms in total. The minimum atomic E-state index is -1.04. The number of aromatic nitrogens is 1. The number of aromatic amines is 1. The Morgan fingerprint density at radius 1 is 1.38 bits per heavy atom. The molecule has 0 atom stereocenters. The van der Waals surface area contributed by atoms with Gasteiger partial charge in [0.15, 0.2) is 5.88 Å². The number of carboxylic acids is 1. The largest absolute Gasteiger partial charge is 0.494 e. The predicted octanol–water partition coefficient (Wildman–Crippen LogP) is 1.57. The monoisotopic (exact) mass is 177 g/mol. The summed E-state index contributed by atoms with van der Waals surface area (Å²) in [5.74, 6) is -1.14. The molecule has 13 heavy (non-hydrogen) atoms. The van der Waals surface area contributed by atoms with Crippen LogP contribution in [0.2, 0.25) is 0 Å². The van der Waals surface area contributed by atoms with Crippen molar-refractivity contribution in [2.24, 2.45) is 0 Å². The minimum absolute atomic E-state index is 0.104. The number of H-pyrrole nitrogens is 1. The molecule has 2 rings (SSSR count). The zero-order valence-electron chi connectivity index (χ0n) is 6.61. The number of rotatable bonds is 1. The molecule has 0 fully saturated rings. The molecule has 0 aliphatic heterocycles. The third-order valence-electron chi connectivity index (χ3n) is 1.93. The van der Waals surface area contributed by atoms with E-state index in [-0.39, 0.29) is 11.4 Å². The fourth-order valence-electron chi connectivity index (χ4n) is 1.35. The third-order valence-corrected chi connectivity index (χ3v) is 1.93. The van der Waals surface area contributed by atoms with E-state index in [1.807, 2.05) is 0 Å². The second-order valence-corrected chi connectivity index (χ2v) is 2.71. The van der Waals surface area contributed by atoms with Crippen LogP contribution in [0.5, 0.6) is 5.88 Å². The van der Waals surface area contributed by atoms with E-state index >= 15 is 0 Å². The summed E-state index contributed by atoms with van der Waals surface area (Å²) in [6.07, 6.45) is 1.57. The first-order valence-electron chi connectivity index (χ1n) is 3.72. The average Bonchev–Trinajstić information content (AvgIpc) is 2.48. The van der Waals surface area contributed by atoms with Gasteiger partial charge in [0.2, 0.25) is 0 Å². The van der Waals surface area contributed by atoms with Crippen molar-refractivity contribution in [2.45, 2.75) is 0 Å². The van der Waals surface area contributed by atoms with Gasteiger partial charge in [-0.15, -0.1) is 0 Å². The van der Waals surface area contributed by atoms with Crippen LogP contribution in [0.4, 0.5) is 0 Å². The summed E-state index contributed by atoms with van der Waals surface area (Å²) in [4.78, 5) is 13.3. The van der Waals surface area contributed by atoms with Crippen molar-refractivity contribution >= 4 is 16.7 Å². The Kier molecular flexibility index (Phi) is 1.48. The molecule has 1 heterocycles. The first kappa shape index (κ1) is 7.67. The normalized spacial score (nSPS) is 10.5. The van der Waals surface area contributed by atoms with Crippen LogP contribution < -0.4 is 0 Å². The number of hydrogen-bond acceptors (Lipinski definition) is 2. The molecule has 0 unspecified atom stereocenters. The third kappa shape index (κ3) is 1.03. The van der Waals surface area contributed by atoms with Crippen molar-refractivity contribution in [3.63, 3.8) is 0 Å². The maximum absolute atomic E-state index is 10.7. The molecule has 0 saturated carbocycles. The first-order chi connectivity index (χ1) is 6.20. The van der Waals surface area contributed by atoms with Crippen LogP contribution >= 0.6 is 0 Å². The molecule has 0 amide bonds. The maximum Gasteiger partial charge on any atom is 0.336 e. The van der Waals surface area contributed by atoms with Crippen LogP contribution in [0.15, 0.2) is 24.4 Å². The Balaban J connectivity index is 2.88. The summed E-state index contributed by atoms with van der Waals surface area (Å²) in [5.41, 5.74) is 0.108. The van der Waals surface area contributed by atoms with Gasteiger partial charge >= 0.3 is 5.97 Å². The fourth-order valence-corrected chi connectivity index (χ4v) is 1.35. The standard InChI is InChI=1S/C9H7NO3/c11-8-7-5(4-10-8)2-1-3-6(7)9(12)13/h1-4,10-11H,(H,12,13). The highest BCUT2D eigenvalue weighted by Crippen LogP contribution is 2.26. The van der Waals surface area contributed by atoms with Crippen LogP contribution in [0.25, 0.3) is 10.8 Å². The number of benzene rings is 1. The SMILES string of the molecule is O=C(O)c1cccc2c[nH]c(O)c12. The van der Waals surface area contributed by atoms with E-state index in [0.29, 0.717) is 10.8 Å². The summed E-state index contributed by atoms with van der Waals surface area (Å²) in [5, 5.41) is 19.2. The van der Waals surface area contributed by atoms with Gasteiger partial charge in [0, 0.05) is 11.6 Å². The lowest BCUT2D eigenvalue weighted by Gasteiger charge is -1.96. The first-order valence-corrected chi connectivity index (χ1v) is 3.72. The van der Waals surface area contributed by atoms with E-state index in [9.17, 15) is 9.90 Å². The quantitative estimate of drug-likeness (QED) is 0.619. The second-order valence-electron chi connectivity index (χ2n) is 2.71. The van der Waals surface area contributed by atoms with Crippen LogP contribution in [-0.4, -0.2) is 21.2 Å². The predicted molar refractivity (Wildman–Crippen MR) is 46.9 cm³/mol. The lowest BCUT2D eigenvalue weighted by atomic mass is 10.1. The molecule has 3 N–H and O–H groups in total. The molecule has 2 aromatic rings. The minimum Gasteiger partial charge on any atom is -0.494 e. The number of nitrogens with one attached hydrogen (secondary N) is 1. The molecule has 1 aromatic carbocycles. The molecule has 0 bridgehead atoms. The number of carboxylic acid groups (broad SMARTS) is 1. The van der Waals surface area contributed by atoms with Crippen molar-refractivity contribution in [2.75, 3.05) is 0 Å². The van der Waals surface area contributed by atoms with Gasteiger partial charge in [-0.25, -0.2) is 4.79 Å². The highest BCUT2D eigenvalue weighted by atomic mass is 16.4. The van der Waals surface area contributed by atoms with Crippen molar-refractivity contribution in [3.8, 4) is 5.88 Å². The summed E-state index contributed by atoms with van der Waals surface area (Å²) in [6.45, 7) is 0. The van der Waals surface area contributed by atoms with Crippen LogP contribution in [0.3, 0.4) is 0 Å². The van der Waals surface area contributed by atoms with Gasteiger partial charge in [0.1, 0.15) is 0 Å². The topological polar surface area (TPSA) is 73.3 Å². The zero-order valence-corrected chi connectivity index (χ0v) is 6.61. The molecule has 0 spiro atoms. The van der Waals surface area contributed by atoms with E-state index in [2.05, 4.69) is 4.98 Å². The Bertz CT molecular complexity index is 473. The lowest BCUT2D eigenvalue weighted by Crippen LogP contribution is -1.95. The molecule has 1 aromatic heterocycles. The zero-order chi connectivity index (χ0) is 9.42. The fraction of sp³-hybridized carbons (Fsp3) is 0. The van der Waals surface area contributed by atoms with Gasteiger partial charge in [0.25, 0.3) is 0 Å². The van der Waals surface area contributed by atoms with Gasteiger partial charge in [-0.1, -0.05) is 12.1 Å². The van der Waals surface area contributed by atoms with Crippen LogP contribution in [0, 0.1) is 0 Å². The molecule has 0 aliphatic rings. The van der Waals surface area contributed by atoms with Crippen LogP contribution in [0.1, 0.15) is 10.4 Å². The van der Waals surface area contributed by atoms with E-state index in [0.717, 1.165) is 0 Å². The van der Waals surface area contributed by atoms with Gasteiger partial charge in [0.05, 0.1) is 10.9 Å². The van der Waals surface area contributed by atoms with Gasteiger partial charge in [-0.3, -0.25) is 0 Å². The second kappa shape index (κ2) is 2.52. The molecule has 4 heteroatoms. The molecular weight excluding hydrogens is 170 g/mol. The van der Waals surface area contributed by atoms with E-state index < -0.39 is 5.97 Å². The molecular formula is C9H7NO3. The van der Waals surface area contributed by atoms with Crippen molar-refractivity contribution in [3.05, 3.63) is 30.0 Å². The molecule has 66 valence electrons. The number of carbonyl (C=O) groups is 1. The number of fused-ring (bicyclic) bond motifs is 1. The molecule has 0 radical (unpaired) electrons. The summed E-state index contributed by atoms with van der Waals surface area (Å²) >= 11 is 0. The van der Waals surface area contributed by atoms with Crippen molar-refractivity contribution < 1.29 is 15.0 Å². The summed E-state index contributed by atoms with van der Waals surface area (Å²) in [7, 11) is 0. The highest BCUT2D eigenvalue weighted by Gasteiger charge is 2.12. The number of aromatic hydroxyl groups is 1. The van der Waals surface area contributed by atoms with Gasteiger partial charge < -0.3 is 15.2 Å². The van der Waals surface area contributed by atoms with Crippen molar-refractivity contribution in [1.82, 2.24) is 4.98 Å². The maximum atomic E-state index is 10.7. The van der Waals surface area contributed by atoms with E-state index in [4.69, 9.17) is 5.11 Å². The number of hydrogen-bond donors (Lipinski definition) is 3. The van der Waals surface area contributed by atoms with Crippen LogP contribution in [-0.2, 0) is 0 Å².